The molecule has 0 bridgehead atoms. The van der Waals surface area contributed by atoms with Crippen molar-refractivity contribution in [3.8, 4) is 0 Å². The van der Waals surface area contributed by atoms with Crippen LogP contribution in [0.4, 0.5) is 5.69 Å². The Hall–Kier alpha value is -2.36. The fourth-order valence-corrected chi connectivity index (χ4v) is 2.34. The smallest absolute Gasteiger partial charge is 0.269 e. The predicted octanol–water partition coefficient (Wildman–Crippen LogP) is 3.92. The van der Waals surface area contributed by atoms with Gasteiger partial charge in [-0.1, -0.05) is 44.0 Å². The molecule has 23 heavy (non-hydrogen) atoms. The van der Waals surface area contributed by atoms with E-state index in [2.05, 4.69) is 41.6 Å². The van der Waals surface area contributed by atoms with Gasteiger partial charge >= 0.3 is 0 Å². The Balaban J connectivity index is 1.91. The van der Waals surface area contributed by atoms with E-state index < -0.39 is 0 Å². The monoisotopic (exact) mass is 311 g/mol. The van der Waals surface area contributed by atoms with Crippen molar-refractivity contribution in [3.05, 3.63) is 59.4 Å². The molecule has 0 aliphatic heterocycles. The summed E-state index contributed by atoms with van der Waals surface area (Å²) in [5.74, 6) is -0.111. The first-order valence-corrected chi connectivity index (χ1v) is 8.23. The zero-order valence-corrected chi connectivity index (χ0v) is 13.9. The molecule has 0 aliphatic rings. The van der Waals surface area contributed by atoms with Crippen LogP contribution in [0.5, 0.6) is 0 Å². The van der Waals surface area contributed by atoms with Gasteiger partial charge < -0.3 is 10.6 Å². The van der Waals surface area contributed by atoms with Crippen LogP contribution in [0, 0.1) is 6.92 Å². The van der Waals surface area contributed by atoms with Gasteiger partial charge in [0, 0.05) is 25.0 Å². The van der Waals surface area contributed by atoms with E-state index in [1.807, 2.05) is 18.2 Å². The van der Waals surface area contributed by atoms with E-state index in [0.717, 1.165) is 31.5 Å². The molecule has 1 aromatic carbocycles. The fourth-order valence-electron chi connectivity index (χ4n) is 2.34. The van der Waals surface area contributed by atoms with Gasteiger partial charge in [0.25, 0.3) is 5.91 Å². The molecule has 2 rings (SSSR count). The van der Waals surface area contributed by atoms with Crippen LogP contribution in [0.25, 0.3) is 0 Å². The molecular formula is C19H25N3O. The van der Waals surface area contributed by atoms with Crippen LogP contribution < -0.4 is 10.6 Å². The molecule has 0 atom stereocenters. The highest BCUT2D eigenvalue weighted by Crippen LogP contribution is 2.12. The van der Waals surface area contributed by atoms with E-state index in [0.29, 0.717) is 12.2 Å². The molecule has 1 heterocycles. The van der Waals surface area contributed by atoms with Gasteiger partial charge in [0.1, 0.15) is 5.69 Å². The Morgan fingerprint density at radius 3 is 2.78 bits per heavy atom. The maximum absolute atomic E-state index is 12.1. The molecule has 0 unspecified atom stereocenters. The van der Waals surface area contributed by atoms with Crippen LogP contribution in [0.3, 0.4) is 0 Å². The van der Waals surface area contributed by atoms with E-state index in [-0.39, 0.29) is 5.91 Å². The Labute approximate surface area is 138 Å². The topological polar surface area (TPSA) is 54.0 Å². The first-order valence-electron chi connectivity index (χ1n) is 8.23. The van der Waals surface area contributed by atoms with Crippen LogP contribution >= 0.6 is 0 Å². The molecule has 1 amide bonds. The normalized spacial score (nSPS) is 10.3. The van der Waals surface area contributed by atoms with Gasteiger partial charge in [0.05, 0.1) is 0 Å². The van der Waals surface area contributed by atoms with Crippen molar-refractivity contribution in [2.45, 2.75) is 39.7 Å². The number of hydrogen-bond donors (Lipinski definition) is 2. The van der Waals surface area contributed by atoms with E-state index in [9.17, 15) is 4.79 Å². The number of aryl methyl sites for hydroxylation is 1. The maximum atomic E-state index is 12.1. The summed E-state index contributed by atoms with van der Waals surface area (Å²) < 4.78 is 0. The molecule has 0 fully saturated rings. The third kappa shape index (κ3) is 5.40. The van der Waals surface area contributed by atoms with E-state index in [4.69, 9.17) is 0 Å². The standard InChI is InChI=1S/C19H25N3O/c1-3-4-7-11-21-19(23)18-13-17(10-12-20-18)22-14-16-9-6-5-8-15(16)2/h5-6,8-10,12-13H,3-4,7,11,14H2,1-2H3,(H,20,22)(H,21,23). The Morgan fingerprint density at radius 2 is 2.00 bits per heavy atom. The lowest BCUT2D eigenvalue weighted by Gasteiger charge is -2.10. The molecule has 2 N–H and O–H groups in total. The van der Waals surface area contributed by atoms with E-state index >= 15 is 0 Å². The quantitative estimate of drug-likeness (QED) is 0.726. The maximum Gasteiger partial charge on any atom is 0.269 e. The number of aromatic nitrogens is 1. The van der Waals surface area contributed by atoms with Gasteiger partial charge in [-0.25, -0.2) is 0 Å². The van der Waals surface area contributed by atoms with Gasteiger partial charge in [-0.05, 0) is 36.6 Å². The highest BCUT2D eigenvalue weighted by Gasteiger charge is 2.07. The zero-order chi connectivity index (χ0) is 16.5. The third-order valence-electron chi connectivity index (χ3n) is 3.80. The Morgan fingerprint density at radius 1 is 1.17 bits per heavy atom. The zero-order valence-electron chi connectivity index (χ0n) is 13.9. The number of carbonyl (C=O) groups is 1. The highest BCUT2D eigenvalue weighted by atomic mass is 16.1. The van der Waals surface area contributed by atoms with Gasteiger partial charge in [-0.2, -0.15) is 0 Å². The van der Waals surface area contributed by atoms with Crippen LogP contribution in [-0.4, -0.2) is 17.4 Å². The molecule has 4 heteroatoms. The number of pyridine rings is 1. The SMILES string of the molecule is CCCCCNC(=O)c1cc(NCc2ccccc2C)ccn1. The predicted molar refractivity (Wildman–Crippen MR) is 94.6 cm³/mol. The molecule has 122 valence electrons. The molecule has 4 nitrogen and oxygen atoms in total. The molecule has 0 radical (unpaired) electrons. The summed E-state index contributed by atoms with van der Waals surface area (Å²) >= 11 is 0. The molecule has 0 aliphatic carbocycles. The minimum atomic E-state index is -0.111. The lowest BCUT2D eigenvalue weighted by atomic mass is 10.1. The highest BCUT2D eigenvalue weighted by molar-refractivity contribution is 5.93. The van der Waals surface area contributed by atoms with Crippen LogP contribution in [-0.2, 0) is 6.54 Å². The number of benzene rings is 1. The van der Waals surface area contributed by atoms with Crippen molar-refractivity contribution in [2.24, 2.45) is 0 Å². The summed E-state index contributed by atoms with van der Waals surface area (Å²) in [6.07, 6.45) is 4.95. The molecule has 2 aromatic rings. The summed E-state index contributed by atoms with van der Waals surface area (Å²) in [6.45, 7) is 5.68. The van der Waals surface area contributed by atoms with E-state index in [1.165, 1.54) is 11.1 Å². The molecule has 0 saturated heterocycles. The Kier molecular flexibility index (Phi) is 6.60. The number of amides is 1. The summed E-state index contributed by atoms with van der Waals surface area (Å²) in [7, 11) is 0. The summed E-state index contributed by atoms with van der Waals surface area (Å²) in [5, 5.41) is 6.27. The number of unbranched alkanes of at least 4 members (excludes halogenated alkanes) is 2. The number of hydrogen-bond acceptors (Lipinski definition) is 3. The second-order valence-corrected chi connectivity index (χ2v) is 5.67. The van der Waals surface area contributed by atoms with Gasteiger partial charge in [0.15, 0.2) is 0 Å². The van der Waals surface area contributed by atoms with Crippen LogP contribution in [0.15, 0.2) is 42.6 Å². The second kappa shape index (κ2) is 8.93. The molecule has 0 saturated carbocycles. The minimum absolute atomic E-state index is 0.111. The van der Waals surface area contributed by atoms with Crippen LogP contribution in [0.1, 0.15) is 47.8 Å². The van der Waals surface area contributed by atoms with Gasteiger partial charge in [-0.3, -0.25) is 9.78 Å². The van der Waals surface area contributed by atoms with Crippen molar-refractivity contribution in [2.75, 3.05) is 11.9 Å². The van der Waals surface area contributed by atoms with Gasteiger partial charge in [-0.15, -0.1) is 0 Å². The number of rotatable bonds is 8. The average Bonchev–Trinajstić information content (AvgIpc) is 2.58. The first kappa shape index (κ1) is 17.0. The Bertz CT molecular complexity index is 640. The van der Waals surface area contributed by atoms with Crippen molar-refractivity contribution in [3.63, 3.8) is 0 Å². The number of anilines is 1. The summed E-state index contributed by atoms with van der Waals surface area (Å²) in [6, 6.07) is 11.9. The lowest BCUT2D eigenvalue weighted by molar-refractivity contribution is 0.0948. The van der Waals surface area contributed by atoms with Crippen molar-refractivity contribution in [1.29, 1.82) is 0 Å². The minimum Gasteiger partial charge on any atom is -0.381 e. The van der Waals surface area contributed by atoms with E-state index in [1.54, 1.807) is 12.3 Å². The van der Waals surface area contributed by atoms with Crippen molar-refractivity contribution >= 4 is 11.6 Å². The largest absolute Gasteiger partial charge is 0.381 e. The van der Waals surface area contributed by atoms with Gasteiger partial charge in [0.2, 0.25) is 0 Å². The first-order chi connectivity index (χ1) is 11.2. The number of carbonyl (C=O) groups excluding carboxylic acids is 1. The van der Waals surface area contributed by atoms with Crippen molar-refractivity contribution in [1.82, 2.24) is 10.3 Å². The molecule has 0 spiro atoms. The summed E-state index contributed by atoms with van der Waals surface area (Å²) in [4.78, 5) is 16.2. The number of nitrogens with zero attached hydrogens (tertiary/aromatic N) is 1. The summed E-state index contributed by atoms with van der Waals surface area (Å²) in [5.41, 5.74) is 3.86. The number of nitrogens with one attached hydrogen (secondary N) is 2. The fraction of sp³-hybridized carbons (Fsp3) is 0.368. The second-order valence-electron chi connectivity index (χ2n) is 5.67. The molecule has 1 aromatic heterocycles. The van der Waals surface area contributed by atoms with Crippen LogP contribution in [0.2, 0.25) is 0 Å². The molecular weight excluding hydrogens is 286 g/mol. The third-order valence-corrected chi connectivity index (χ3v) is 3.80. The average molecular weight is 311 g/mol. The van der Waals surface area contributed by atoms with Crippen molar-refractivity contribution < 1.29 is 4.79 Å². The lowest BCUT2D eigenvalue weighted by Crippen LogP contribution is -2.25.